The zero-order valence-corrected chi connectivity index (χ0v) is 20.2. The van der Waals surface area contributed by atoms with Crippen LogP contribution >= 0.6 is 11.8 Å². The Labute approximate surface area is 192 Å². The van der Waals surface area contributed by atoms with E-state index < -0.39 is 0 Å². The maximum Gasteiger partial charge on any atom is 0.209 e. The fourth-order valence-corrected chi connectivity index (χ4v) is 4.52. The summed E-state index contributed by atoms with van der Waals surface area (Å²) in [6, 6.07) is 14.7. The molecule has 0 atom stereocenters. The van der Waals surface area contributed by atoms with E-state index in [1.165, 1.54) is 47.5 Å². The molecule has 2 aromatic rings. The molecule has 2 aromatic carbocycles. The number of aryl methyl sites for hydroxylation is 2. The Morgan fingerprint density at radius 2 is 1.71 bits per heavy atom. The smallest absolute Gasteiger partial charge is 0.209 e. The van der Waals surface area contributed by atoms with Gasteiger partial charge in [-0.1, -0.05) is 30.7 Å². The Kier molecular flexibility index (Phi) is 11.4. The Morgan fingerprint density at radius 3 is 2.29 bits per heavy atom. The molecule has 1 aliphatic heterocycles. The quantitative estimate of drug-likeness (QED) is 0.271. The van der Waals surface area contributed by atoms with E-state index in [2.05, 4.69) is 38.1 Å². The highest BCUT2D eigenvalue weighted by atomic mass is 32.2. The molecule has 0 aliphatic carbocycles. The van der Waals surface area contributed by atoms with Gasteiger partial charge >= 0.3 is 0 Å². The number of hydrogen-bond acceptors (Lipinski definition) is 4. The van der Waals surface area contributed by atoms with Crippen LogP contribution in [0.2, 0.25) is 0 Å². The van der Waals surface area contributed by atoms with Gasteiger partial charge in [0, 0.05) is 18.0 Å². The molecule has 0 N–H and O–H groups in total. The first-order valence-corrected chi connectivity index (χ1v) is 12.2. The van der Waals surface area contributed by atoms with Crippen LogP contribution in [0.1, 0.15) is 43.7 Å². The van der Waals surface area contributed by atoms with Gasteiger partial charge in [-0.3, -0.25) is 4.79 Å². The summed E-state index contributed by atoms with van der Waals surface area (Å²) in [5.41, 5.74) is 2.58. The number of rotatable bonds is 9. The lowest BCUT2D eigenvalue weighted by Crippen LogP contribution is -2.32. The van der Waals surface area contributed by atoms with Crippen LogP contribution in [0.4, 0.5) is 0 Å². The lowest BCUT2D eigenvalue weighted by molar-refractivity contribution is -0.119. The van der Waals surface area contributed by atoms with Crippen molar-refractivity contribution in [2.45, 2.75) is 50.8 Å². The zero-order chi connectivity index (χ0) is 22.5. The van der Waals surface area contributed by atoms with Gasteiger partial charge < -0.3 is 14.4 Å². The standard InChI is InChI=1S/C16H23NOS.C10H14O2/c1-14-4-6-16(7-5-14)19-12-2-3-15-8-10-17(13-18)11-9-15;1-4-8-5-6-9(11-2)10(7-8)12-3/h4-7,13,15H,2-3,8-12H2,1H3;5-7H,4H2,1-3H3. The van der Waals surface area contributed by atoms with Crippen LogP contribution in [-0.4, -0.2) is 44.4 Å². The number of carbonyl (C=O) groups is 1. The van der Waals surface area contributed by atoms with Gasteiger partial charge in [-0.05, 0) is 80.5 Å². The molecule has 170 valence electrons. The first kappa shape index (κ1) is 25.1. The van der Waals surface area contributed by atoms with Crippen LogP contribution in [0.25, 0.3) is 0 Å². The molecular weight excluding hydrogens is 406 g/mol. The number of methoxy groups -OCH3 is 2. The molecule has 1 fully saturated rings. The number of thioether (sulfide) groups is 1. The molecule has 1 amide bonds. The molecule has 1 saturated heterocycles. The van der Waals surface area contributed by atoms with Crippen LogP contribution in [0.5, 0.6) is 11.5 Å². The SMILES string of the molecule is CCc1ccc(OC)c(OC)c1.Cc1ccc(SCCCC2CCN(C=O)CC2)cc1. The summed E-state index contributed by atoms with van der Waals surface area (Å²) in [7, 11) is 3.29. The van der Waals surface area contributed by atoms with E-state index in [9.17, 15) is 4.79 Å². The summed E-state index contributed by atoms with van der Waals surface area (Å²) < 4.78 is 10.3. The third kappa shape index (κ3) is 8.86. The van der Waals surface area contributed by atoms with E-state index in [0.717, 1.165) is 43.3 Å². The normalized spacial score (nSPS) is 13.9. The van der Waals surface area contributed by atoms with E-state index in [-0.39, 0.29) is 0 Å². The molecule has 31 heavy (non-hydrogen) atoms. The van der Waals surface area contributed by atoms with Crippen LogP contribution in [0.3, 0.4) is 0 Å². The van der Waals surface area contributed by atoms with E-state index >= 15 is 0 Å². The molecule has 0 unspecified atom stereocenters. The minimum atomic E-state index is 0.787. The van der Waals surface area contributed by atoms with Crippen molar-refractivity contribution in [3.63, 3.8) is 0 Å². The number of carbonyl (C=O) groups excluding carboxylic acids is 1. The Hall–Kier alpha value is -2.14. The largest absolute Gasteiger partial charge is 0.493 e. The molecule has 0 bridgehead atoms. The summed E-state index contributed by atoms with van der Waals surface area (Å²) in [4.78, 5) is 13.9. The number of amides is 1. The molecule has 0 saturated carbocycles. The molecule has 1 heterocycles. The number of hydrogen-bond donors (Lipinski definition) is 0. The van der Waals surface area contributed by atoms with Gasteiger partial charge in [0.25, 0.3) is 0 Å². The summed E-state index contributed by atoms with van der Waals surface area (Å²) in [5.74, 6) is 3.62. The van der Waals surface area contributed by atoms with Gasteiger partial charge in [-0.25, -0.2) is 0 Å². The van der Waals surface area contributed by atoms with Crippen molar-refractivity contribution in [2.24, 2.45) is 5.92 Å². The first-order chi connectivity index (χ1) is 15.1. The van der Waals surface area contributed by atoms with Gasteiger partial charge in [0.15, 0.2) is 11.5 Å². The summed E-state index contributed by atoms with van der Waals surface area (Å²) in [5, 5.41) is 0. The second-order valence-corrected chi connectivity index (χ2v) is 9.10. The lowest BCUT2D eigenvalue weighted by Gasteiger charge is -2.29. The molecular formula is C26H37NO3S. The number of likely N-dealkylation sites (tertiary alicyclic amines) is 1. The molecule has 3 rings (SSSR count). The Balaban J connectivity index is 0.000000245. The molecule has 0 aromatic heterocycles. The Morgan fingerprint density at radius 1 is 1.03 bits per heavy atom. The fourth-order valence-electron chi connectivity index (χ4n) is 3.64. The molecule has 4 nitrogen and oxygen atoms in total. The average molecular weight is 444 g/mol. The second kappa shape index (κ2) is 14.0. The Bertz CT molecular complexity index is 771. The highest BCUT2D eigenvalue weighted by Crippen LogP contribution is 2.27. The van der Waals surface area contributed by atoms with Crippen LogP contribution in [0.15, 0.2) is 47.4 Å². The highest BCUT2D eigenvalue weighted by Gasteiger charge is 2.17. The van der Waals surface area contributed by atoms with Gasteiger partial charge in [0.2, 0.25) is 6.41 Å². The molecule has 1 aliphatic rings. The van der Waals surface area contributed by atoms with Crippen molar-refractivity contribution >= 4 is 18.2 Å². The zero-order valence-electron chi connectivity index (χ0n) is 19.4. The summed E-state index contributed by atoms with van der Waals surface area (Å²) in [6.07, 6.45) is 6.97. The second-order valence-electron chi connectivity index (χ2n) is 7.93. The van der Waals surface area contributed by atoms with E-state index in [1.807, 2.05) is 34.9 Å². The monoisotopic (exact) mass is 443 g/mol. The van der Waals surface area contributed by atoms with Crippen LogP contribution in [0, 0.1) is 12.8 Å². The molecule has 0 spiro atoms. The number of ether oxygens (including phenoxy) is 2. The van der Waals surface area contributed by atoms with Gasteiger partial charge in [-0.2, -0.15) is 0 Å². The van der Waals surface area contributed by atoms with Crippen molar-refractivity contribution in [2.75, 3.05) is 33.1 Å². The highest BCUT2D eigenvalue weighted by molar-refractivity contribution is 7.99. The average Bonchev–Trinajstić information content (AvgIpc) is 2.83. The number of benzene rings is 2. The minimum Gasteiger partial charge on any atom is -0.493 e. The van der Waals surface area contributed by atoms with Gasteiger partial charge in [0.1, 0.15) is 0 Å². The first-order valence-electron chi connectivity index (χ1n) is 11.2. The van der Waals surface area contributed by atoms with Crippen LogP contribution in [-0.2, 0) is 11.2 Å². The molecule has 5 heteroatoms. The van der Waals surface area contributed by atoms with Crippen molar-refractivity contribution in [1.82, 2.24) is 4.90 Å². The van der Waals surface area contributed by atoms with Gasteiger partial charge in [0.05, 0.1) is 14.2 Å². The van der Waals surface area contributed by atoms with E-state index in [4.69, 9.17) is 9.47 Å². The topological polar surface area (TPSA) is 38.8 Å². The van der Waals surface area contributed by atoms with E-state index in [0.29, 0.717) is 0 Å². The number of nitrogens with zero attached hydrogens (tertiary/aromatic N) is 1. The van der Waals surface area contributed by atoms with Crippen molar-refractivity contribution in [3.05, 3.63) is 53.6 Å². The lowest BCUT2D eigenvalue weighted by atomic mass is 9.93. The summed E-state index contributed by atoms with van der Waals surface area (Å²) in [6.45, 7) is 6.15. The maximum atomic E-state index is 10.6. The maximum absolute atomic E-state index is 10.6. The predicted molar refractivity (Wildman–Crippen MR) is 130 cm³/mol. The third-order valence-electron chi connectivity index (χ3n) is 5.70. The van der Waals surface area contributed by atoms with Crippen molar-refractivity contribution in [3.8, 4) is 11.5 Å². The molecule has 0 radical (unpaired) electrons. The van der Waals surface area contributed by atoms with Gasteiger partial charge in [-0.15, -0.1) is 11.8 Å². The van der Waals surface area contributed by atoms with Crippen LogP contribution < -0.4 is 9.47 Å². The fraction of sp³-hybridized carbons (Fsp3) is 0.500. The minimum absolute atomic E-state index is 0.787. The van der Waals surface area contributed by atoms with Crippen molar-refractivity contribution in [1.29, 1.82) is 0 Å². The van der Waals surface area contributed by atoms with Crippen molar-refractivity contribution < 1.29 is 14.3 Å². The number of piperidine rings is 1. The predicted octanol–water partition coefficient (Wildman–Crippen LogP) is 6.00. The summed E-state index contributed by atoms with van der Waals surface area (Å²) >= 11 is 1.96. The third-order valence-corrected chi connectivity index (χ3v) is 6.80. The van der Waals surface area contributed by atoms with E-state index in [1.54, 1.807) is 14.2 Å².